The molecule has 5 rings (SSSR count). The standard InChI is InChI=1S/C29H26F3N3O2/c30-29(31,32)25-16-21(9-10-24(25)19-5-2-1-3-6-19)26-17-33-28(34-26)22-8-4-7-20(15-22)23-11-13-35(18-23)14-12-27(36)37/h1-10,15-17,23H,11-14,18H2,(H,33,34)(H,36,37). The van der Waals surface area contributed by atoms with Gasteiger partial charge in [-0.15, -0.1) is 0 Å². The molecule has 3 aromatic carbocycles. The average molecular weight is 506 g/mol. The average Bonchev–Trinajstić information content (AvgIpc) is 3.58. The molecule has 5 nitrogen and oxygen atoms in total. The summed E-state index contributed by atoms with van der Waals surface area (Å²) >= 11 is 0. The molecular formula is C29H26F3N3O2. The van der Waals surface area contributed by atoms with Gasteiger partial charge in [0.1, 0.15) is 5.82 Å². The van der Waals surface area contributed by atoms with Crippen molar-refractivity contribution in [1.82, 2.24) is 14.9 Å². The Morgan fingerprint density at radius 3 is 2.54 bits per heavy atom. The molecule has 37 heavy (non-hydrogen) atoms. The van der Waals surface area contributed by atoms with E-state index in [1.54, 1.807) is 42.6 Å². The summed E-state index contributed by atoms with van der Waals surface area (Å²) in [6.45, 7) is 2.19. The number of benzene rings is 3. The number of aromatic amines is 1. The summed E-state index contributed by atoms with van der Waals surface area (Å²) in [6.07, 6.45) is -1.87. The molecule has 0 radical (unpaired) electrons. The highest BCUT2D eigenvalue weighted by molar-refractivity contribution is 5.74. The van der Waals surface area contributed by atoms with E-state index in [0.29, 0.717) is 35.1 Å². The quantitative estimate of drug-likeness (QED) is 0.294. The molecule has 0 saturated carbocycles. The van der Waals surface area contributed by atoms with Gasteiger partial charge in [-0.05, 0) is 47.7 Å². The number of carboxylic acids is 1. The van der Waals surface area contributed by atoms with Crippen LogP contribution >= 0.6 is 0 Å². The van der Waals surface area contributed by atoms with E-state index >= 15 is 0 Å². The fourth-order valence-electron chi connectivity index (χ4n) is 4.93. The van der Waals surface area contributed by atoms with E-state index in [9.17, 15) is 18.0 Å². The smallest absolute Gasteiger partial charge is 0.417 e. The van der Waals surface area contributed by atoms with Crippen molar-refractivity contribution >= 4 is 5.97 Å². The molecule has 2 heterocycles. The highest BCUT2D eigenvalue weighted by Gasteiger charge is 2.34. The van der Waals surface area contributed by atoms with Gasteiger partial charge in [0.2, 0.25) is 0 Å². The minimum Gasteiger partial charge on any atom is -0.481 e. The third-order valence-corrected chi connectivity index (χ3v) is 6.84. The summed E-state index contributed by atoms with van der Waals surface area (Å²) in [5.74, 6) is 0.0810. The molecule has 1 saturated heterocycles. The number of hydrogen-bond acceptors (Lipinski definition) is 3. The molecule has 1 aliphatic rings. The first-order valence-electron chi connectivity index (χ1n) is 12.1. The van der Waals surface area contributed by atoms with Crippen LogP contribution in [0.4, 0.5) is 13.2 Å². The van der Waals surface area contributed by atoms with Gasteiger partial charge in [0.25, 0.3) is 0 Å². The molecule has 0 amide bonds. The Kier molecular flexibility index (Phi) is 6.84. The fourth-order valence-corrected chi connectivity index (χ4v) is 4.93. The van der Waals surface area contributed by atoms with Crippen LogP contribution in [0.1, 0.15) is 29.9 Å². The number of carboxylic acid groups (broad SMARTS) is 1. The van der Waals surface area contributed by atoms with E-state index in [4.69, 9.17) is 5.11 Å². The molecule has 4 aromatic rings. The van der Waals surface area contributed by atoms with E-state index in [1.165, 1.54) is 12.1 Å². The van der Waals surface area contributed by atoms with Gasteiger partial charge in [0, 0.05) is 24.2 Å². The second-order valence-electron chi connectivity index (χ2n) is 9.33. The van der Waals surface area contributed by atoms with Crippen molar-refractivity contribution < 1.29 is 23.1 Å². The number of imidazole rings is 1. The van der Waals surface area contributed by atoms with E-state index in [2.05, 4.69) is 20.9 Å². The Morgan fingerprint density at radius 1 is 1.00 bits per heavy atom. The Hall–Kier alpha value is -3.91. The SMILES string of the molecule is O=C(O)CCN1CCC(c2cccc(-c3ncc(-c4ccc(-c5ccccc5)c(C(F)(F)F)c4)[nH]3)c2)C1. The summed E-state index contributed by atoms with van der Waals surface area (Å²) in [4.78, 5) is 20.7. The zero-order chi connectivity index (χ0) is 26.0. The maximum atomic E-state index is 13.9. The third kappa shape index (κ3) is 5.59. The monoisotopic (exact) mass is 505 g/mol. The van der Waals surface area contributed by atoms with Crippen LogP contribution in [0, 0.1) is 0 Å². The van der Waals surface area contributed by atoms with Gasteiger partial charge < -0.3 is 15.0 Å². The first-order chi connectivity index (χ1) is 17.8. The largest absolute Gasteiger partial charge is 0.481 e. The highest BCUT2D eigenvalue weighted by Crippen LogP contribution is 2.39. The van der Waals surface area contributed by atoms with E-state index in [1.807, 2.05) is 18.2 Å². The number of nitrogens with one attached hydrogen (secondary N) is 1. The van der Waals surface area contributed by atoms with Gasteiger partial charge in [-0.2, -0.15) is 13.2 Å². The third-order valence-electron chi connectivity index (χ3n) is 6.84. The van der Waals surface area contributed by atoms with Crippen LogP contribution < -0.4 is 0 Å². The second-order valence-corrected chi connectivity index (χ2v) is 9.33. The van der Waals surface area contributed by atoms with Crippen molar-refractivity contribution in [3.63, 3.8) is 0 Å². The summed E-state index contributed by atoms with van der Waals surface area (Å²) < 4.78 is 41.8. The lowest BCUT2D eigenvalue weighted by molar-refractivity contribution is -0.138. The van der Waals surface area contributed by atoms with Crippen molar-refractivity contribution in [1.29, 1.82) is 0 Å². The summed E-state index contributed by atoms with van der Waals surface area (Å²) in [5.41, 5.74) is 2.86. The van der Waals surface area contributed by atoms with Gasteiger partial charge in [-0.1, -0.05) is 60.7 Å². The minimum atomic E-state index is -4.50. The molecule has 1 atom stereocenters. The van der Waals surface area contributed by atoms with Crippen LogP contribution in [0.2, 0.25) is 0 Å². The summed E-state index contributed by atoms with van der Waals surface area (Å²) in [5, 5.41) is 8.93. The summed E-state index contributed by atoms with van der Waals surface area (Å²) in [6, 6.07) is 20.9. The van der Waals surface area contributed by atoms with Crippen LogP contribution in [-0.4, -0.2) is 45.6 Å². The molecule has 1 aromatic heterocycles. The lowest BCUT2D eigenvalue weighted by Crippen LogP contribution is -2.23. The van der Waals surface area contributed by atoms with Gasteiger partial charge in [0.05, 0.1) is 23.9 Å². The van der Waals surface area contributed by atoms with E-state index in [-0.39, 0.29) is 12.0 Å². The number of carbonyl (C=O) groups is 1. The first-order valence-corrected chi connectivity index (χ1v) is 12.1. The molecule has 0 bridgehead atoms. The first kappa shape index (κ1) is 24.8. The minimum absolute atomic E-state index is 0.129. The topological polar surface area (TPSA) is 69.2 Å². The number of aromatic nitrogens is 2. The Bertz CT molecular complexity index is 1400. The second kappa shape index (κ2) is 10.2. The molecule has 190 valence electrons. The van der Waals surface area contributed by atoms with Crippen molar-refractivity contribution in [3.8, 4) is 33.8 Å². The van der Waals surface area contributed by atoms with Gasteiger partial charge in [-0.25, -0.2) is 4.98 Å². The predicted molar refractivity (Wildman–Crippen MR) is 136 cm³/mol. The maximum absolute atomic E-state index is 13.9. The van der Waals surface area contributed by atoms with Crippen LogP contribution in [-0.2, 0) is 11.0 Å². The molecule has 1 aliphatic heterocycles. The predicted octanol–water partition coefficient (Wildman–Crippen LogP) is 6.69. The van der Waals surface area contributed by atoms with Crippen molar-refractivity contribution in [2.45, 2.75) is 24.9 Å². The summed E-state index contributed by atoms with van der Waals surface area (Å²) in [7, 11) is 0. The van der Waals surface area contributed by atoms with Crippen LogP contribution in [0.5, 0.6) is 0 Å². The normalized spacial score (nSPS) is 16.2. The lowest BCUT2D eigenvalue weighted by Gasteiger charge is -2.15. The zero-order valence-electron chi connectivity index (χ0n) is 20.0. The zero-order valence-corrected chi connectivity index (χ0v) is 20.0. The van der Waals surface area contributed by atoms with Gasteiger partial charge in [0.15, 0.2) is 0 Å². The number of likely N-dealkylation sites (tertiary alicyclic amines) is 1. The Morgan fingerprint density at radius 2 is 1.78 bits per heavy atom. The number of nitrogens with zero attached hydrogens (tertiary/aromatic N) is 2. The molecule has 1 unspecified atom stereocenters. The molecule has 8 heteroatoms. The van der Waals surface area contributed by atoms with Crippen molar-refractivity contribution in [2.75, 3.05) is 19.6 Å². The van der Waals surface area contributed by atoms with E-state index in [0.717, 1.165) is 30.6 Å². The number of halogens is 3. The Labute approximate surface area is 212 Å². The molecule has 0 aliphatic carbocycles. The van der Waals surface area contributed by atoms with Crippen LogP contribution in [0.25, 0.3) is 33.8 Å². The highest BCUT2D eigenvalue weighted by atomic mass is 19.4. The van der Waals surface area contributed by atoms with Crippen molar-refractivity contribution in [3.05, 3.63) is 90.1 Å². The number of rotatable bonds is 7. The van der Waals surface area contributed by atoms with Gasteiger partial charge in [-0.3, -0.25) is 4.79 Å². The molecule has 2 N–H and O–H groups in total. The number of hydrogen-bond donors (Lipinski definition) is 2. The van der Waals surface area contributed by atoms with E-state index < -0.39 is 17.7 Å². The molecular weight excluding hydrogens is 479 g/mol. The Balaban J connectivity index is 1.39. The lowest BCUT2D eigenvalue weighted by atomic mass is 9.96. The number of alkyl halides is 3. The van der Waals surface area contributed by atoms with Crippen molar-refractivity contribution in [2.24, 2.45) is 0 Å². The van der Waals surface area contributed by atoms with Crippen LogP contribution in [0.15, 0.2) is 79.0 Å². The van der Waals surface area contributed by atoms with Gasteiger partial charge >= 0.3 is 12.1 Å². The maximum Gasteiger partial charge on any atom is 0.417 e. The molecule has 0 spiro atoms. The fraction of sp³-hybridized carbons (Fsp3) is 0.241. The number of aliphatic carboxylic acids is 1. The number of H-pyrrole nitrogens is 1. The van der Waals surface area contributed by atoms with Crippen LogP contribution in [0.3, 0.4) is 0 Å². The molecule has 1 fully saturated rings.